The highest BCUT2D eigenvalue weighted by atomic mass is 19.3. The number of halogens is 2. The molecule has 0 bridgehead atoms. The van der Waals surface area contributed by atoms with Gasteiger partial charge in [0.15, 0.2) is 0 Å². The third kappa shape index (κ3) is 4.44. The van der Waals surface area contributed by atoms with Crippen LogP contribution in [0, 0.1) is 12.8 Å². The third-order valence-corrected chi connectivity index (χ3v) is 4.26. The van der Waals surface area contributed by atoms with Gasteiger partial charge in [0, 0.05) is 24.0 Å². The van der Waals surface area contributed by atoms with E-state index in [1.807, 2.05) is 0 Å². The number of benzene rings is 1. The van der Waals surface area contributed by atoms with Crippen LogP contribution in [0.1, 0.15) is 39.3 Å². The first-order valence-corrected chi connectivity index (χ1v) is 8.44. The lowest BCUT2D eigenvalue weighted by Crippen LogP contribution is -2.26. The van der Waals surface area contributed by atoms with Gasteiger partial charge < -0.3 is 10.6 Å². The fourth-order valence-electron chi connectivity index (χ4n) is 2.55. The van der Waals surface area contributed by atoms with E-state index in [9.17, 15) is 18.4 Å². The van der Waals surface area contributed by atoms with E-state index < -0.39 is 18.9 Å². The van der Waals surface area contributed by atoms with Crippen molar-refractivity contribution in [2.24, 2.45) is 5.92 Å². The summed E-state index contributed by atoms with van der Waals surface area (Å²) >= 11 is 0. The Kier molecular flexibility index (Phi) is 5.29. The van der Waals surface area contributed by atoms with Gasteiger partial charge in [-0.05, 0) is 49.4 Å². The molecule has 2 aromatic rings. The highest BCUT2D eigenvalue weighted by Gasteiger charge is 2.22. The zero-order valence-corrected chi connectivity index (χ0v) is 14.3. The van der Waals surface area contributed by atoms with Gasteiger partial charge in [-0.1, -0.05) is 6.07 Å². The van der Waals surface area contributed by atoms with Crippen LogP contribution in [-0.4, -0.2) is 34.6 Å². The first-order chi connectivity index (χ1) is 12.4. The molecule has 0 unspecified atom stereocenters. The summed E-state index contributed by atoms with van der Waals surface area (Å²) in [4.78, 5) is 24.6. The maximum atomic E-state index is 12.6. The van der Waals surface area contributed by atoms with Crippen LogP contribution in [0.4, 0.5) is 14.5 Å². The van der Waals surface area contributed by atoms with E-state index in [0.29, 0.717) is 23.7 Å². The molecule has 0 radical (unpaired) electrons. The highest BCUT2D eigenvalue weighted by molar-refractivity contribution is 6.04. The summed E-state index contributed by atoms with van der Waals surface area (Å²) < 4.78 is 26.1. The molecule has 1 aliphatic rings. The molecular weight excluding hydrogens is 342 g/mol. The summed E-state index contributed by atoms with van der Waals surface area (Å²) in [5, 5.41) is 9.29. The Hall–Kier alpha value is -2.77. The molecule has 0 aliphatic heterocycles. The lowest BCUT2D eigenvalue weighted by atomic mass is 10.1. The topological polar surface area (TPSA) is 76.0 Å². The number of aromatic nitrogens is 2. The molecule has 1 aliphatic carbocycles. The molecule has 1 heterocycles. The normalized spacial score (nSPS) is 13.7. The lowest BCUT2D eigenvalue weighted by molar-refractivity contribution is 0.0948. The van der Waals surface area contributed by atoms with Crippen molar-refractivity contribution in [1.82, 2.24) is 15.1 Å². The Labute approximate surface area is 149 Å². The van der Waals surface area contributed by atoms with Crippen molar-refractivity contribution < 1.29 is 18.4 Å². The van der Waals surface area contributed by atoms with Crippen LogP contribution in [0.3, 0.4) is 0 Å². The van der Waals surface area contributed by atoms with Crippen LogP contribution in [0.25, 0.3) is 0 Å². The number of carbonyl (C=O) groups is 2. The molecule has 1 aromatic carbocycles. The van der Waals surface area contributed by atoms with Gasteiger partial charge in [-0.25, -0.2) is 8.78 Å². The average Bonchev–Trinajstić information content (AvgIpc) is 3.31. The SMILES string of the molecule is Cc1ccc(C(=O)NCC2CC2)cc1NC(=O)c1ccnn1CC(F)F. The first-order valence-electron chi connectivity index (χ1n) is 8.44. The van der Waals surface area contributed by atoms with Crippen molar-refractivity contribution in [2.75, 3.05) is 11.9 Å². The number of nitrogens with zero attached hydrogens (tertiary/aromatic N) is 2. The molecule has 8 heteroatoms. The highest BCUT2D eigenvalue weighted by Crippen LogP contribution is 2.27. The number of alkyl halides is 2. The molecule has 1 saturated carbocycles. The van der Waals surface area contributed by atoms with E-state index in [2.05, 4.69) is 15.7 Å². The third-order valence-electron chi connectivity index (χ3n) is 4.26. The van der Waals surface area contributed by atoms with E-state index in [1.54, 1.807) is 25.1 Å². The van der Waals surface area contributed by atoms with Crippen molar-refractivity contribution in [3.8, 4) is 0 Å². The Bertz CT molecular complexity index is 815. The molecule has 3 rings (SSSR count). The largest absolute Gasteiger partial charge is 0.352 e. The Balaban J connectivity index is 1.72. The van der Waals surface area contributed by atoms with Crippen LogP contribution in [0.2, 0.25) is 0 Å². The van der Waals surface area contributed by atoms with E-state index in [0.717, 1.165) is 23.1 Å². The van der Waals surface area contributed by atoms with Gasteiger partial charge in [-0.15, -0.1) is 0 Å². The number of aryl methyl sites for hydroxylation is 1. The second-order valence-corrected chi connectivity index (χ2v) is 6.43. The smallest absolute Gasteiger partial charge is 0.273 e. The predicted molar refractivity (Wildman–Crippen MR) is 92.4 cm³/mol. The van der Waals surface area contributed by atoms with Gasteiger partial charge in [0.2, 0.25) is 0 Å². The van der Waals surface area contributed by atoms with Crippen molar-refractivity contribution in [2.45, 2.75) is 32.7 Å². The van der Waals surface area contributed by atoms with Crippen molar-refractivity contribution >= 4 is 17.5 Å². The average molecular weight is 362 g/mol. The van der Waals surface area contributed by atoms with E-state index in [4.69, 9.17) is 0 Å². The fourth-order valence-corrected chi connectivity index (χ4v) is 2.55. The molecule has 0 spiro atoms. The van der Waals surface area contributed by atoms with Gasteiger partial charge >= 0.3 is 0 Å². The number of hydrogen-bond acceptors (Lipinski definition) is 3. The Morgan fingerprint density at radius 1 is 1.27 bits per heavy atom. The van der Waals surface area contributed by atoms with Crippen LogP contribution in [-0.2, 0) is 6.54 Å². The van der Waals surface area contributed by atoms with Crippen LogP contribution in [0.5, 0.6) is 0 Å². The van der Waals surface area contributed by atoms with Crippen LogP contribution >= 0.6 is 0 Å². The summed E-state index contributed by atoms with van der Waals surface area (Å²) in [6.07, 6.45) is 0.969. The Morgan fingerprint density at radius 2 is 2.04 bits per heavy atom. The van der Waals surface area contributed by atoms with Crippen molar-refractivity contribution in [3.63, 3.8) is 0 Å². The number of nitrogens with one attached hydrogen (secondary N) is 2. The molecule has 0 saturated heterocycles. The van der Waals surface area contributed by atoms with Crippen LogP contribution < -0.4 is 10.6 Å². The number of anilines is 1. The second kappa shape index (κ2) is 7.63. The Morgan fingerprint density at radius 3 is 2.73 bits per heavy atom. The summed E-state index contributed by atoms with van der Waals surface area (Å²) in [6, 6.07) is 6.38. The van der Waals surface area contributed by atoms with Gasteiger partial charge in [0.25, 0.3) is 18.2 Å². The summed E-state index contributed by atoms with van der Waals surface area (Å²) in [6.45, 7) is 1.79. The maximum absolute atomic E-state index is 12.6. The first kappa shape index (κ1) is 18.0. The fraction of sp³-hybridized carbons (Fsp3) is 0.389. The molecule has 0 atom stereocenters. The van der Waals surface area contributed by atoms with Gasteiger partial charge in [-0.2, -0.15) is 5.10 Å². The number of amides is 2. The standard InChI is InChI=1S/C18H20F2N4O2/c1-11-2-5-13(17(25)21-9-12-3-4-12)8-14(11)23-18(26)15-6-7-22-24(15)10-16(19)20/h2,5-8,12,16H,3-4,9-10H2,1H3,(H,21,25)(H,23,26). The number of carbonyl (C=O) groups excluding carboxylic acids is 2. The zero-order valence-electron chi connectivity index (χ0n) is 14.3. The second-order valence-electron chi connectivity index (χ2n) is 6.43. The number of rotatable bonds is 7. The lowest BCUT2D eigenvalue weighted by Gasteiger charge is -2.12. The molecule has 2 N–H and O–H groups in total. The predicted octanol–water partition coefficient (Wildman–Crippen LogP) is 2.85. The van der Waals surface area contributed by atoms with E-state index in [1.165, 1.54) is 12.3 Å². The van der Waals surface area contributed by atoms with Gasteiger partial charge in [-0.3, -0.25) is 14.3 Å². The summed E-state index contributed by atoms with van der Waals surface area (Å²) in [7, 11) is 0. The summed E-state index contributed by atoms with van der Waals surface area (Å²) in [5.74, 6) is -0.185. The van der Waals surface area contributed by atoms with Crippen LogP contribution in [0.15, 0.2) is 30.5 Å². The molecule has 1 fully saturated rings. The summed E-state index contributed by atoms with van der Waals surface area (Å²) in [5.41, 5.74) is 1.69. The van der Waals surface area contributed by atoms with Gasteiger partial charge in [0.05, 0.1) is 0 Å². The van der Waals surface area contributed by atoms with Gasteiger partial charge in [0.1, 0.15) is 12.2 Å². The minimum atomic E-state index is -2.61. The molecule has 26 heavy (non-hydrogen) atoms. The van der Waals surface area contributed by atoms with E-state index in [-0.39, 0.29) is 11.6 Å². The maximum Gasteiger partial charge on any atom is 0.273 e. The number of hydrogen-bond donors (Lipinski definition) is 2. The molecule has 138 valence electrons. The molecule has 2 amide bonds. The van der Waals surface area contributed by atoms with Crippen molar-refractivity contribution in [3.05, 3.63) is 47.3 Å². The van der Waals surface area contributed by atoms with Crippen molar-refractivity contribution in [1.29, 1.82) is 0 Å². The molecular formula is C18H20F2N4O2. The zero-order chi connectivity index (χ0) is 18.7. The quantitative estimate of drug-likeness (QED) is 0.795. The van der Waals surface area contributed by atoms with E-state index >= 15 is 0 Å². The molecule has 1 aromatic heterocycles. The molecule has 6 nitrogen and oxygen atoms in total. The minimum Gasteiger partial charge on any atom is -0.352 e. The monoisotopic (exact) mass is 362 g/mol. The minimum absolute atomic E-state index is 0.0355.